The van der Waals surface area contributed by atoms with Gasteiger partial charge in [0.2, 0.25) is 13.4 Å². The van der Waals surface area contributed by atoms with Gasteiger partial charge in [-0.15, -0.1) is 6.58 Å². The molecule has 2 rings (SSSR count). The molecule has 0 saturated carbocycles. The minimum absolute atomic E-state index is 0.0826. The molecular formula is C25H43N8O6P. The molecule has 0 spiro atoms. The summed E-state index contributed by atoms with van der Waals surface area (Å²) in [6, 6.07) is -1.80. The van der Waals surface area contributed by atoms with E-state index >= 15 is 0 Å². The molecule has 0 unspecified atom stereocenters. The molecule has 224 valence electrons. The Balaban J connectivity index is 2.07. The summed E-state index contributed by atoms with van der Waals surface area (Å²) in [5.41, 5.74) is 6.91. The zero-order chi connectivity index (χ0) is 29.5. The number of anilines is 2. The van der Waals surface area contributed by atoms with Gasteiger partial charge in [0.25, 0.3) is 0 Å². The van der Waals surface area contributed by atoms with E-state index in [1.165, 1.54) is 0 Å². The summed E-state index contributed by atoms with van der Waals surface area (Å²) in [4.78, 5) is 37.6. The van der Waals surface area contributed by atoms with Crippen molar-refractivity contribution in [2.45, 2.75) is 72.0 Å². The largest absolute Gasteiger partial charge is 0.465 e. The van der Waals surface area contributed by atoms with Crippen molar-refractivity contribution in [3.63, 3.8) is 0 Å². The second-order valence-electron chi connectivity index (χ2n) is 9.23. The third-order valence-corrected chi connectivity index (χ3v) is 7.80. The fraction of sp³-hybridized carbons (Fsp3) is 0.640. The Labute approximate surface area is 235 Å². The van der Waals surface area contributed by atoms with Crippen molar-refractivity contribution in [3.05, 3.63) is 19.0 Å². The number of ether oxygens (including phenoxy) is 3. The first kappa shape index (κ1) is 33.1. The van der Waals surface area contributed by atoms with Crippen LogP contribution in [0.2, 0.25) is 0 Å². The summed E-state index contributed by atoms with van der Waals surface area (Å²) in [5.74, 6) is -0.521. The molecular weight excluding hydrogens is 539 g/mol. The van der Waals surface area contributed by atoms with E-state index in [1.54, 1.807) is 30.8 Å². The highest BCUT2D eigenvalue weighted by Crippen LogP contribution is 2.37. The Hall–Kier alpha value is -3.06. The molecule has 0 saturated heterocycles. The number of carbonyl (C=O) groups excluding carboxylic acids is 2. The summed E-state index contributed by atoms with van der Waals surface area (Å²) in [6.45, 7) is 12.2. The highest BCUT2D eigenvalue weighted by atomic mass is 31.2. The maximum absolute atomic E-state index is 13.8. The lowest BCUT2D eigenvalue weighted by Crippen LogP contribution is -2.43. The Bertz CT molecular complexity index is 1130. The summed E-state index contributed by atoms with van der Waals surface area (Å²) in [5, 5.41) is 8.67. The highest BCUT2D eigenvalue weighted by Gasteiger charge is 2.32. The highest BCUT2D eigenvalue weighted by molar-refractivity contribution is 7.59. The van der Waals surface area contributed by atoms with E-state index in [0.29, 0.717) is 30.1 Å². The van der Waals surface area contributed by atoms with Crippen molar-refractivity contribution in [2.24, 2.45) is 0 Å². The lowest BCUT2D eigenvalue weighted by atomic mass is 10.3. The van der Waals surface area contributed by atoms with Gasteiger partial charge >= 0.3 is 11.9 Å². The first-order chi connectivity index (χ1) is 19.1. The second-order valence-corrected chi connectivity index (χ2v) is 11.5. The lowest BCUT2D eigenvalue weighted by Gasteiger charge is -2.26. The second kappa shape index (κ2) is 16.9. The van der Waals surface area contributed by atoms with Crippen LogP contribution in [0, 0.1) is 0 Å². The van der Waals surface area contributed by atoms with Gasteiger partial charge in [-0.05, 0) is 26.7 Å². The van der Waals surface area contributed by atoms with E-state index in [2.05, 4.69) is 37.0 Å². The van der Waals surface area contributed by atoms with Crippen LogP contribution in [-0.4, -0.2) is 76.3 Å². The van der Waals surface area contributed by atoms with Crippen molar-refractivity contribution < 1.29 is 28.4 Å². The Morgan fingerprint density at radius 2 is 1.68 bits per heavy atom. The SMILES string of the molecule is C=CCNc1nc(N)nc2c1ncn2CCOCP(=O)(N[C@@H](C)C(=O)OCCCC)N[C@@H](C)C(=O)OCCCC. The standard InChI is InChI=1S/C25H43N8O6P/c1-6-9-13-38-23(34)18(4)31-40(36,32-19(5)24(35)39-14-10-7-2)17-37-15-12-33-16-28-20-21(27-11-8-3)29-25(26)30-22(20)33/h8,16,18-19H,3,6-7,9-15,17H2,1-2,4-5H3,(H2,31,32,36)(H3,26,27,29,30)/t18-,19-/m0/s1. The summed E-state index contributed by atoms with van der Waals surface area (Å²) >= 11 is 0. The topological polar surface area (TPSA) is 185 Å². The van der Waals surface area contributed by atoms with Crippen LogP contribution in [0.5, 0.6) is 0 Å². The minimum Gasteiger partial charge on any atom is -0.465 e. The van der Waals surface area contributed by atoms with Crippen LogP contribution in [0.1, 0.15) is 53.4 Å². The molecule has 0 radical (unpaired) electrons. The predicted molar refractivity (Wildman–Crippen MR) is 154 cm³/mol. The van der Waals surface area contributed by atoms with Gasteiger partial charge < -0.3 is 29.8 Å². The number of nitrogens with one attached hydrogen (secondary N) is 3. The van der Waals surface area contributed by atoms with Gasteiger partial charge in [0, 0.05) is 13.1 Å². The average molecular weight is 583 g/mol. The molecule has 2 atom stereocenters. The molecule has 40 heavy (non-hydrogen) atoms. The third kappa shape index (κ3) is 10.5. The first-order valence-corrected chi connectivity index (χ1v) is 15.4. The van der Waals surface area contributed by atoms with E-state index in [-0.39, 0.29) is 32.1 Å². The number of hydrogen-bond donors (Lipinski definition) is 4. The van der Waals surface area contributed by atoms with Crippen LogP contribution in [0.15, 0.2) is 19.0 Å². The van der Waals surface area contributed by atoms with Crippen molar-refractivity contribution in [2.75, 3.05) is 43.8 Å². The Morgan fingerprint density at radius 3 is 2.23 bits per heavy atom. The van der Waals surface area contributed by atoms with Crippen LogP contribution in [0.4, 0.5) is 11.8 Å². The van der Waals surface area contributed by atoms with E-state index in [9.17, 15) is 14.2 Å². The van der Waals surface area contributed by atoms with Gasteiger partial charge in [-0.2, -0.15) is 9.97 Å². The molecule has 0 aliphatic rings. The Kier molecular flexibility index (Phi) is 14.0. The van der Waals surface area contributed by atoms with Crippen LogP contribution in [-0.2, 0) is 34.9 Å². The average Bonchev–Trinajstić information content (AvgIpc) is 3.32. The monoisotopic (exact) mass is 582 g/mol. The number of hydrogen-bond acceptors (Lipinski definition) is 11. The smallest absolute Gasteiger partial charge is 0.323 e. The lowest BCUT2D eigenvalue weighted by molar-refractivity contribution is -0.145. The van der Waals surface area contributed by atoms with Gasteiger partial charge in [0.15, 0.2) is 17.0 Å². The number of unbranched alkanes of at least 4 members (excludes halogenated alkanes) is 2. The molecule has 2 heterocycles. The van der Waals surface area contributed by atoms with Crippen molar-refractivity contribution in [1.29, 1.82) is 0 Å². The summed E-state index contributed by atoms with van der Waals surface area (Å²) in [6.07, 6.45) is 6.16. The van der Waals surface area contributed by atoms with Crippen LogP contribution >= 0.6 is 7.44 Å². The normalized spacial score (nSPS) is 13.1. The zero-order valence-corrected chi connectivity index (χ0v) is 24.7. The molecule has 0 bridgehead atoms. The Morgan fingerprint density at radius 1 is 1.07 bits per heavy atom. The first-order valence-electron chi connectivity index (χ1n) is 13.5. The molecule has 0 amide bonds. The molecule has 15 heteroatoms. The number of esters is 2. The molecule has 2 aromatic heterocycles. The van der Waals surface area contributed by atoms with Gasteiger partial charge in [-0.3, -0.25) is 14.2 Å². The van der Waals surface area contributed by atoms with Gasteiger partial charge in [-0.25, -0.2) is 15.2 Å². The van der Waals surface area contributed by atoms with Crippen molar-refractivity contribution >= 4 is 42.3 Å². The van der Waals surface area contributed by atoms with Gasteiger partial charge in [0.05, 0.1) is 26.1 Å². The van der Waals surface area contributed by atoms with Crippen molar-refractivity contribution in [3.8, 4) is 0 Å². The fourth-order valence-corrected chi connectivity index (χ4v) is 5.57. The van der Waals surface area contributed by atoms with Gasteiger partial charge in [-0.1, -0.05) is 32.8 Å². The number of nitrogens with two attached hydrogens (primary N) is 1. The maximum atomic E-state index is 13.8. The molecule has 0 aliphatic heterocycles. The molecule has 14 nitrogen and oxygen atoms in total. The number of nitrogen functional groups attached to an aromatic ring is 1. The minimum atomic E-state index is -3.61. The summed E-state index contributed by atoms with van der Waals surface area (Å²) in [7, 11) is -3.61. The van der Waals surface area contributed by atoms with E-state index in [0.717, 1.165) is 25.7 Å². The van der Waals surface area contributed by atoms with Crippen LogP contribution < -0.4 is 21.2 Å². The van der Waals surface area contributed by atoms with Gasteiger partial charge in [0.1, 0.15) is 18.4 Å². The van der Waals surface area contributed by atoms with Crippen molar-refractivity contribution in [1.82, 2.24) is 29.7 Å². The number of aromatic nitrogens is 4. The number of fused-ring (bicyclic) bond motifs is 1. The number of rotatable bonds is 20. The third-order valence-electron chi connectivity index (χ3n) is 5.64. The molecule has 0 aliphatic carbocycles. The number of nitrogens with zero attached hydrogens (tertiary/aromatic N) is 4. The number of imidazole rings is 1. The van der Waals surface area contributed by atoms with E-state index < -0.39 is 31.5 Å². The summed E-state index contributed by atoms with van der Waals surface area (Å²) < 4.78 is 31.8. The molecule has 5 N–H and O–H groups in total. The quantitative estimate of drug-likeness (QED) is 0.0774. The predicted octanol–water partition coefficient (Wildman–Crippen LogP) is 2.82. The van der Waals surface area contributed by atoms with Crippen LogP contribution in [0.3, 0.4) is 0 Å². The molecule has 2 aromatic rings. The molecule has 0 fully saturated rings. The van der Waals surface area contributed by atoms with E-state index in [4.69, 9.17) is 19.9 Å². The fourth-order valence-electron chi connectivity index (χ4n) is 3.50. The molecule has 0 aromatic carbocycles. The maximum Gasteiger partial charge on any atom is 0.323 e. The zero-order valence-electron chi connectivity index (χ0n) is 23.9. The van der Waals surface area contributed by atoms with Crippen LogP contribution in [0.25, 0.3) is 11.2 Å². The number of carbonyl (C=O) groups is 2. The van der Waals surface area contributed by atoms with E-state index in [1.807, 2.05) is 13.8 Å².